The molecular formula is C23H18ClF3N4O3S. The molecule has 5 rings (SSSR count). The summed E-state index contributed by atoms with van der Waals surface area (Å²) in [7, 11) is 0. The molecule has 0 radical (unpaired) electrons. The highest BCUT2D eigenvalue weighted by atomic mass is 35.5. The minimum absolute atomic E-state index is 0.0177. The first-order valence-electron chi connectivity index (χ1n) is 10.6. The molecule has 0 atom stereocenters. The molecule has 0 aliphatic heterocycles. The summed E-state index contributed by atoms with van der Waals surface area (Å²) in [6.45, 7) is 0.503. The van der Waals surface area contributed by atoms with E-state index in [4.69, 9.17) is 21.0 Å². The molecule has 35 heavy (non-hydrogen) atoms. The number of nitrogens with zero attached hydrogens (tertiary/aromatic N) is 4. The molecule has 1 aliphatic rings. The van der Waals surface area contributed by atoms with Gasteiger partial charge >= 0.3 is 6.36 Å². The molecule has 1 amide bonds. The Kier molecular flexibility index (Phi) is 6.14. The number of halogens is 4. The number of carbonyl (C=O) groups is 1. The first kappa shape index (κ1) is 23.6. The van der Waals surface area contributed by atoms with Crippen LogP contribution in [0.1, 0.15) is 23.4 Å². The Morgan fingerprint density at radius 3 is 2.77 bits per heavy atom. The third kappa shape index (κ3) is 4.83. The van der Waals surface area contributed by atoms with E-state index >= 15 is 0 Å². The number of alkyl halides is 3. The van der Waals surface area contributed by atoms with Gasteiger partial charge in [0.15, 0.2) is 17.2 Å². The van der Waals surface area contributed by atoms with Crippen molar-refractivity contribution in [2.75, 3.05) is 17.7 Å². The van der Waals surface area contributed by atoms with Gasteiger partial charge in [-0.3, -0.25) is 19.1 Å². The largest absolute Gasteiger partial charge is 0.573 e. The van der Waals surface area contributed by atoms with Crippen molar-refractivity contribution in [3.05, 3.63) is 59.8 Å². The molecule has 3 heterocycles. The molecule has 0 saturated heterocycles. The Morgan fingerprint density at radius 1 is 1.34 bits per heavy atom. The fourth-order valence-corrected chi connectivity index (χ4v) is 4.59. The second-order valence-corrected chi connectivity index (χ2v) is 9.14. The number of hydrogen-bond donors (Lipinski definition) is 0. The summed E-state index contributed by atoms with van der Waals surface area (Å²) >= 11 is 7.69. The van der Waals surface area contributed by atoms with Crippen molar-refractivity contribution < 1.29 is 27.1 Å². The number of fused-ring (bicyclic) bond motifs is 1. The molecule has 0 spiro atoms. The van der Waals surface area contributed by atoms with E-state index in [-0.39, 0.29) is 16.7 Å². The maximum absolute atomic E-state index is 13.4. The van der Waals surface area contributed by atoms with Gasteiger partial charge in [-0.1, -0.05) is 11.6 Å². The maximum Gasteiger partial charge on any atom is 0.573 e. The number of anilines is 1. The van der Waals surface area contributed by atoms with Crippen LogP contribution in [0.4, 0.5) is 19.0 Å². The standard InChI is InChI=1S/C23H18ClF3N4O3S/c1-35-20-21(31(12-13-4-5-13)22(32)17-3-2-10-33-17)30-9-8-28-18(19(30)29-20)15-7-6-14(11-16(15)24)34-23(25,26)27/h2-3,6-11,13H,4-5,12H2,1H3. The summed E-state index contributed by atoms with van der Waals surface area (Å²) in [4.78, 5) is 24.1. The van der Waals surface area contributed by atoms with E-state index < -0.39 is 12.1 Å². The van der Waals surface area contributed by atoms with E-state index in [2.05, 4.69) is 9.72 Å². The number of furan rings is 1. The molecule has 12 heteroatoms. The van der Waals surface area contributed by atoms with Gasteiger partial charge in [-0.2, -0.15) is 0 Å². The van der Waals surface area contributed by atoms with Crippen LogP contribution in [0.3, 0.4) is 0 Å². The topological polar surface area (TPSA) is 72.9 Å². The predicted octanol–water partition coefficient (Wildman–Crippen LogP) is 6.32. The van der Waals surface area contributed by atoms with Crippen LogP contribution >= 0.6 is 23.4 Å². The van der Waals surface area contributed by atoms with Crippen molar-refractivity contribution >= 4 is 40.7 Å². The van der Waals surface area contributed by atoms with Crippen molar-refractivity contribution in [2.24, 2.45) is 5.92 Å². The van der Waals surface area contributed by atoms with Gasteiger partial charge in [0.05, 0.1) is 11.3 Å². The van der Waals surface area contributed by atoms with Gasteiger partial charge < -0.3 is 9.15 Å². The molecule has 1 fully saturated rings. The normalized spacial score (nSPS) is 13.9. The second-order valence-electron chi connectivity index (χ2n) is 7.94. The zero-order valence-electron chi connectivity index (χ0n) is 18.3. The maximum atomic E-state index is 13.4. The molecule has 1 aliphatic carbocycles. The molecule has 0 N–H and O–H groups in total. The van der Waals surface area contributed by atoms with E-state index in [1.54, 1.807) is 27.6 Å². The number of amides is 1. The zero-order valence-corrected chi connectivity index (χ0v) is 19.8. The highest BCUT2D eigenvalue weighted by molar-refractivity contribution is 7.98. The molecule has 1 saturated carbocycles. The van der Waals surface area contributed by atoms with Crippen LogP contribution in [0.25, 0.3) is 16.9 Å². The van der Waals surface area contributed by atoms with Crippen LogP contribution in [0.5, 0.6) is 5.75 Å². The van der Waals surface area contributed by atoms with E-state index in [0.717, 1.165) is 18.9 Å². The molecule has 0 bridgehead atoms. The number of carbonyl (C=O) groups excluding carboxylic acids is 1. The zero-order chi connectivity index (χ0) is 24.7. The van der Waals surface area contributed by atoms with E-state index in [1.807, 2.05) is 6.26 Å². The van der Waals surface area contributed by atoms with Crippen molar-refractivity contribution in [3.63, 3.8) is 0 Å². The lowest BCUT2D eigenvalue weighted by Gasteiger charge is -2.22. The molecule has 182 valence electrons. The number of aromatic nitrogens is 3. The average Bonchev–Trinajstić information content (AvgIpc) is 3.30. The average molecular weight is 523 g/mol. The van der Waals surface area contributed by atoms with Gasteiger partial charge in [-0.25, -0.2) is 4.98 Å². The molecule has 4 aromatic rings. The fraction of sp³-hybridized carbons (Fsp3) is 0.261. The number of thioether (sulfide) groups is 1. The minimum Gasteiger partial charge on any atom is -0.459 e. The predicted molar refractivity (Wildman–Crippen MR) is 125 cm³/mol. The van der Waals surface area contributed by atoms with Crippen LogP contribution < -0.4 is 9.64 Å². The van der Waals surface area contributed by atoms with E-state index in [9.17, 15) is 18.0 Å². The number of imidazole rings is 1. The Balaban J connectivity index is 1.62. The minimum atomic E-state index is -4.83. The summed E-state index contributed by atoms with van der Waals surface area (Å²) < 4.78 is 48.9. The lowest BCUT2D eigenvalue weighted by Crippen LogP contribution is -2.34. The highest BCUT2D eigenvalue weighted by Gasteiger charge is 2.34. The Morgan fingerprint density at radius 2 is 2.14 bits per heavy atom. The summed E-state index contributed by atoms with van der Waals surface area (Å²) in [6, 6.07) is 6.91. The third-order valence-corrected chi connectivity index (χ3v) is 6.45. The van der Waals surface area contributed by atoms with Crippen molar-refractivity contribution in [1.82, 2.24) is 14.4 Å². The second kappa shape index (κ2) is 9.12. The molecule has 3 aromatic heterocycles. The summed E-state index contributed by atoms with van der Waals surface area (Å²) in [5.41, 5.74) is 1.14. The van der Waals surface area contributed by atoms with Gasteiger partial charge in [0, 0.05) is 24.5 Å². The molecule has 0 unspecified atom stereocenters. The van der Waals surface area contributed by atoms with Gasteiger partial charge in [-0.05, 0) is 55.3 Å². The molecule has 1 aromatic carbocycles. The SMILES string of the molecule is CSc1nc2c(-c3ccc(OC(F)(F)F)cc3Cl)nccn2c1N(CC1CC1)C(=O)c1ccco1. The first-order chi connectivity index (χ1) is 16.7. The first-order valence-corrected chi connectivity index (χ1v) is 12.2. The van der Waals surface area contributed by atoms with Gasteiger partial charge in [-0.15, -0.1) is 24.9 Å². The van der Waals surface area contributed by atoms with Crippen LogP contribution in [0, 0.1) is 5.92 Å². The number of ether oxygens (including phenoxy) is 1. The number of rotatable bonds is 7. The van der Waals surface area contributed by atoms with E-state index in [0.29, 0.717) is 40.2 Å². The van der Waals surface area contributed by atoms with Gasteiger partial charge in [0.1, 0.15) is 16.5 Å². The van der Waals surface area contributed by atoms with Gasteiger partial charge in [0.2, 0.25) is 0 Å². The highest BCUT2D eigenvalue weighted by Crippen LogP contribution is 2.39. The Labute approximate surface area is 206 Å². The summed E-state index contributed by atoms with van der Waals surface area (Å²) in [5.74, 6) is 0.435. The van der Waals surface area contributed by atoms with Crippen molar-refractivity contribution in [1.29, 1.82) is 0 Å². The lowest BCUT2D eigenvalue weighted by molar-refractivity contribution is -0.274. The fourth-order valence-electron chi connectivity index (χ4n) is 3.76. The Bertz CT molecular complexity index is 1390. The third-order valence-electron chi connectivity index (χ3n) is 5.48. The van der Waals surface area contributed by atoms with Gasteiger partial charge in [0.25, 0.3) is 5.91 Å². The number of hydrogen-bond acceptors (Lipinski definition) is 6. The number of benzene rings is 1. The van der Waals surface area contributed by atoms with Crippen LogP contribution in [0.15, 0.2) is 58.4 Å². The monoisotopic (exact) mass is 522 g/mol. The van der Waals surface area contributed by atoms with E-state index in [1.165, 1.54) is 36.4 Å². The smallest absolute Gasteiger partial charge is 0.459 e. The Hall–Kier alpha value is -3.18. The molecule has 7 nitrogen and oxygen atoms in total. The van der Waals surface area contributed by atoms with Crippen molar-refractivity contribution in [3.8, 4) is 17.0 Å². The van der Waals surface area contributed by atoms with Crippen LogP contribution in [0.2, 0.25) is 5.02 Å². The summed E-state index contributed by atoms with van der Waals surface area (Å²) in [5, 5.41) is 0.608. The van der Waals surface area contributed by atoms with Crippen LogP contribution in [-0.2, 0) is 0 Å². The lowest BCUT2D eigenvalue weighted by atomic mass is 10.1. The molecular weight excluding hydrogens is 505 g/mol. The summed E-state index contributed by atoms with van der Waals surface area (Å²) in [6.07, 6.45) is 3.74. The van der Waals surface area contributed by atoms with Crippen molar-refractivity contribution in [2.45, 2.75) is 24.2 Å². The van der Waals surface area contributed by atoms with Crippen LogP contribution in [-0.4, -0.2) is 39.4 Å². The quantitative estimate of drug-likeness (QED) is 0.264.